The van der Waals surface area contributed by atoms with Gasteiger partial charge in [0.15, 0.2) is 12.4 Å². The Morgan fingerprint density at radius 3 is 1.63 bits per heavy atom. The number of amides is 2. The largest absolute Gasteiger partial charge is 0.454 e. The zero-order valence-electron chi connectivity index (χ0n) is 21.4. The number of esters is 1. The summed E-state index contributed by atoms with van der Waals surface area (Å²) in [6, 6.07) is 29.4. The number of Topliss-reactive ketones (excluding diaryl/α,β-unsaturated/α-hetero) is 1. The lowest BCUT2D eigenvalue weighted by atomic mass is 9.54. The predicted molar refractivity (Wildman–Crippen MR) is 153 cm³/mol. The van der Waals surface area contributed by atoms with Gasteiger partial charge < -0.3 is 4.74 Å². The maximum absolute atomic E-state index is 14.2. The van der Waals surface area contributed by atoms with E-state index >= 15 is 0 Å². The van der Waals surface area contributed by atoms with Gasteiger partial charge >= 0.3 is 5.97 Å². The second-order valence-corrected chi connectivity index (χ2v) is 11.6. The number of nitrogens with zero attached hydrogens (tertiary/aromatic N) is 1. The lowest BCUT2D eigenvalue weighted by molar-refractivity contribution is -0.122. The second kappa shape index (κ2) is 9.13. The van der Waals surface area contributed by atoms with Crippen LogP contribution in [0, 0.1) is 11.8 Å². The monoisotopic (exact) mass is 581 g/mol. The number of hydrogen-bond acceptors (Lipinski definition) is 5. The maximum atomic E-state index is 14.2. The Kier molecular flexibility index (Phi) is 5.72. The Morgan fingerprint density at radius 1 is 0.659 bits per heavy atom. The van der Waals surface area contributed by atoms with Crippen molar-refractivity contribution in [1.82, 2.24) is 0 Å². The lowest BCUT2D eigenvalue weighted by Gasteiger charge is -2.54. The van der Waals surface area contributed by atoms with E-state index in [0.717, 1.165) is 4.90 Å². The first kappa shape index (κ1) is 25.7. The standard InChI is InChI=1S/C33H21Cl2NO5/c34-32-22-13-4-5-14-23(22)33(35,25-16-7-6-15-24(25)32)28-27(32)29(38)36(30(28)39)21-12-8-11-20(17-21)31(40)41-18-26(37)19-9-2-1-3-10-19/h1-17,27-28H,18H2/t27-,28-,32?,33?/m0/s1. The minimum atomic E-state index is -1.30. The van der Waals surface area contributed by atoms with E-state index in [0.29, 0.717) is 27.8 Å². The number of benzene rings is 4. The van der Waals surface area contributed by atoms with Gasteiger partial charge in [0.25, 0.3) is 0 Å². The zero-order valence-corrected chi connectivity index (χ0v) is 22.9. The van der Waals surface area contributed by atoms with Gasteiger partial charge in [0.1, 0.15) is 9.75 Å². The second-order valence-electron chi connectivity index (χ2n) is 10.4. The molecule has 0 aromatic heterocycles. The van der Waals surface area contributed by atoms with Crippen LogP contribution in [0.3, 0.4) is 0 Å². The molecule has 41 heavy (non-hydrogen) atoms. The molecule has 4 aliphatic rings. The minimum absolute atomic E-state index is 0.0922. The normalized spacial score (nSPS) is 25.4. The molecule has 6 nitrogen and oxygen atoms in total. The lowest BCUT2D eigenvalue weighted by Crippen LogP contribution is -2.57. The number of alkyl halides is 2. The van der Waals surface area contributed by atoms with Crippen LogP contribution in [0.15, 0.2) is 103 Å². The average Bonchev–Trinajstić information content (AvgIpc) is 3.29. The number of carbonyl (C=O) groups excluding carboxylic acids is 4. The quantitative estimate of drug-likeness (QED) is 0.128. The van der Waals surface area contributed by atoms with Crippen molar-refractivity contribution in [3.63, 3.8) is 0 Å². The van der Waals surface area contributed by atoms with Crippen LogP contribution in [0.2, 0.25) is 0 Å². The molecule has 1 aliphatic heterocycles. The summed E-state index contributed by atoms with van der Waals surface area (Å²) in [5, 5.41) is 0. The molecule has 1 saturated heterocycles. The van der Waals surface area contributed by atoms with E-state index in [1.54, 1.807) is 42.5 Å². The molecule has 4 aromatic rings. The molecule has 4 aromatic carbocycles. The van der Waals surface area contributed by atoms with Gasteiger partial charge in [-0.2, -0.15) is 0 Å². The number of rotatable bonds is 5. The highest BCUT2D eigenvalue weighted by Crippen LogP contribution is 2.69. The zero-order chi connectivity index (χ0) is 28.5. The van der Waals surface area contributed by atoms with Gasteiger partial charge in [-0.15, -0.1) is 23.2 Å². The fraction of sp³-hybridized carbons (Fsp3) is 0.152. The fourth-order valence-corrected chi connectivity index (χ4v) is 7.71. The fourth-order valence-electron chi connectivity index (χ4n) is 6.62. The highest BCUT2D eigenvalue weighted by molar-refractivity contribution is 6.38. The molecule has 8 heteroatoms. The number of anilines is 1. The van der Waals surface area contributed by atoms with Crippen molar-refractivity contribution in [2.24, 2.45) is 11.8 Å². The van der Waals surface area contributed by atoms with Crippen LogP contribution in [0.4, 0.5) is 5.69 Å². The van der Waals surface area contributed by atoms with E-state index in [4.69, 9.17) is 27.9 Å². The first-order chi connectivity index (χ1) is 19.8. The molecule has 8 rings (SSSR count). The van der Waals surface area contributed by atoms with Gasteiger partial charge in [-0.25, -0.2) is 9.69 Å². The van der Waals surface area contributed by atoms with E-state index < -0.39 is 46.0 Å². The molecule has 0 saturated carbocycles. The van der Waals surface area contributed by atoms with Gasteiger partial charge in [-0.05, 0) is 40.5 Å². The molecule has 2 atom stereocenters. The van der Waals surface area contributed by atoms with Crippen molar-refractivity contribution in [2.45, 2.75) is 9.75 Å². The summed E-state index contributed by atoms with van der Waals surface area (Å²) in [7, 11) is 0. The van der Waals surface area contributed by atoms with Crippen LogP contribution in [0.25, 0.3) is 0 Å². The molecule has 2 amide bonds. The highest BCUT2D eigenvalue weighted by Gasteiger charge is 2.73. The van der Waals surface area contributed by atoms with Gasteiger partial charge in [0.2, 0.25) is 11.8 Å². The molecule has 0 N–H and O–H groups in total. The van der Waals surface area contributed by atoms with Crippen molar-refractivity contribution in [3.8, 4) is 0 Å². The Hall–Kier alpha value is -4.26. The molecule has 0 spiro atoms. The van der Waals surface area contributed by atoms with Crippen LogP contribution in [0.5, 0.6) is 0 Å². The van der Waals surface area contributed by atoms with E-state index in [1.165, 1.54) is 12.1 Å². The van der Waals surface area contributed by atoms with Crippen LogP contribution in [-0.4, -0.2) is 30.2 Å². The minimum Gasteiger partial charge on any atom is -0.454 e. The summed E-state index contributed by atoms with van der Waals surface area (Å²) >= 11 is 14.9. The third-order valence-electron chi connectivity index (χ3n) is 8.36. The Bertz CT molecular complexity index is 1660. The van der Waals surface area contributed by atoms with Crippen molar-refractivity contribution >= 4 is 52.5 Å². The number of imide groups is 1. The number of ether oxygens (including phenoxy) is 1. The highest BCUT2D eigenvalue weighted by atomic mass is 35.5. The molecule has 1 heterocycles. The van der Waals surface area contributed by atoms with E-state index in [9.17, 15) is 19.2 Å². The SMILES string of the molecule is O=C(COC(=O)c1cccc(N2C(=O)[C@@H]3[C@@H](C2=O)C2(Cl)c4ccccc4C3(Cl)c3ccccc32)c1)c1ccccc1. The molecular formula is C33H21Cl2NO5. The van der Waals surface area contributed by atoms with Crippen LogP contribution >= 0.6 is 23.2 Å². The van der Waals surface area contributed by atoms with Crippen LogP contribution in [-0.2, 0) is 24.1 Å². The van der Waals surface area contributed by atoms with Crippen LogP contribution < -0.4 is 4.90 Å². The van der Waals surface area contributed by atoms with Gasteiger partial charge in [0, 0.05) is 5.56 Å². The van der Waals surface area contributed by atoms with E-state index in [2.05, 4.69) is 0 Å². The molecule has 202 valence electrons. The summed E-state index contributed by atoms with van der Waals surface area (Å²) in [6.07, 6.45) is 0. The molecule has 0 unspecified atom stereocenters. The summed E-state index contributed by atoms with van der Waals surface area (Å²) < 4.78 is 5.25. The maximum Gasteiger partial charge on any atom is 0.338 e. The Labute approximate surface area is 245 Å². The molecule has 1 fully saturated rings. The molecule has 0 radical (unpaired) electrons. The van der Waals surface area contributed by atoms with Crippen molar-refractivity contribution in [2.75, 3.05) is 11.5 Å². The molecule has 3 aliphatic carbocycles. The molecular weight excluding hydrogens is 561 g/mol. The van der Waals surface area contributed by atoms with Gasteiger partial charge in [-0.1, -0.05) is 84.9 Å². The van der Waals surface area contributed by atoms with Crippen molar-refractivity contribution < 1.29 is 23.9 Å². The average molecular weight is 582 g/mol. The summed E-state index contributed by atoms with van der Waals surface area (Å²) in [4.78, 5) is 52.1. The number of hydrogen-bond donors (Lipinski definition) is 0. The van der Waals surface area contributed by atoms with Crippen molar-refractivity contribution in [1.29, 1.82) is 0 Å². The van der Waals surface area contributed by atoms with E-state index in [-0.39, 0.29) is 17.0 Å². The third-order valence-corrected chi connectivity index (χ3v) is 9.64. The number of ketones is 1. The smallest absolute Gasteiger partial charge is 0.338 e. The molecule has 2 bridgehead atoms. The topological polar surface area (TPSA) is 80.8 Å². The number of halogens is 2. The van der Waals surface area contributed by atoms with Crippen molar-refractivity contribution in [3.05, 3.63) is 137 Å². The summed E-state index contributed by atoms with van der Waals surface area (Å²) in [6.45, 7) is -0.446. The van der Waals surface area contributed by atoms with Gasteiger partial charge in [-0.3, -0.25) is 14.4 Å². The summed E-state index contributed by atoms with van der Waals surface area (Å²) in [5.74, 6) is -4.01. The predicted octanol–water partition coefficient (Wildman–Crippen LogP) is 5.82. The Morgan fingerprint density at radius 2 is 1.12 bits per heavy atom. The first-order valence-electron chi connectivity index (χ1n) is 13.1. The first-order valence-corrected chi connectivity index (χ1v) is 13.8. The van der Waals surface area contributed by atoms with E-state index in [1.807, 2.05) is 48.5 Å². The van der Waals surface area contributed by atoms with Gasteiger partial charge in [0.05, 0.1) is 23.1 Å². The third kappa shape index (κ3) is 3.44. The number of carbonyl (C=O) groups is 4. The Balaban J connectivity index is 1.24. The van der Waals surface area contributed by atoms with Crippen LogP contribution in [0.1, 0.15) is 43.0 Å². The summed E-state index contributed by atoms with van der Waals surface area (Å²) in [5.41, 5.74) is 3.55.